The van der Waals surface area contributed by atoms with Crippen LogP contribution < -0.4 is 5.32 Å². The maximum Gasteiger partial charge on any atom is 0.0636 e. The number of hydrogen-bond acceptors (Lipinski definition) is 2. The molecule has 2 nitrogen and oxygen atoms in total. The molecule has 0 spiro atoms. The van der Waals surface area contributed by atoms with Crippen molar-refractivity contribution in [3.05, 3.63) is 12.7 Å². The number of rotatable bonds is 5. The standard InChI is InChI=1S/C8H17NO/c1-4-5-7(2)9-6-8(3)10/h4,7-10H,1,5-6H2,2-3H3/t7?,8-/m0/s1. The van der Waals surface area contributed by atoms with Crippen molar-refractivity contribution in [3.8, 4) is 0 Å². The van der Waals surface area contributed by atoms with Crippen molar-refractivity contribution in [1.29, 1.82) is 0 Å². The summed E-state index contributed by atoms with van der Waals surface area (Å²) in [5.41, 5.74) is 0. The quantitative estimate of drug-likeness (QED) is 0.561. The fraction of sp³-hybridized carbons (Fsp3) is 0.750. The molecule has 60 valence electrons. The van der Waals surface area contributed by atoms with Gasteiger partial charge in [0.25, 0.3) is 0 Å². The molecular formula is C8H17NO. The minimum absolute atomic E-state index is 0.257. The van der Waals surface area contributed by atoms with E-state index in [2.05, 4.69) is 18.8 Å². The van der Waals surface area contributed by atoms with Gasteiger partial charge < -0.3 is 10.4 Å². The summed E-state index contributed by atoms with van der Waals surface area (Å²) in [6.45, 7) is 8.13. The highest BCUT2D eigenvalue weighted by Gasteiger charge is 1.99. The lowest BCUT2D eigenvalue weighted by atomic mass is 10.2. The highest BCUT2D eigenvalue weighted by molar-refractivity contribution is 4.74. The zero-order valence-corrected chi connectivity index (χ0v) is 6.80. The maximum atomic E-state index is 8.88. The van der Waals surface area contributed by atoms with E-state index < -0.39 is 0 Å². The molecule has 0 bridgehead atoms. The summed E-state index contributed by atoms with van der Waals surface area (Å²) in [6.07, 6.45) is 2.57. The lowest BCUT2D eigenvalue weighted by Crippen LogP contribution is -2.31. The molecule has 0 aromatic heterocycles. The second kappa shape index (κ2) is 5.45. The normalized spacial score (nSPS) is 16.3. The fourth-order valence-corrected chi connectivity index (χ4v) is 0.705. The van der Waals surface area contributed by atoms with Crippen molar-refractivity contribution in [2.75, 3.05) is 6.54 Å². The van der Waals surface area contributed by atoms with Crippen molar-refractivity contribution in [1.82, 2.24) is 5.32 Å². The van der Waals surface area contributed by atoms with E-state index in [1.807, 2.05) is 6.08 Å². The van der Waals surface area contributed by atoms with Crippen LogP contribution in [0.2, 0.25) is 0 Å². The molecule has 0 fully saturated rings. The van der Waals surface area contributed by atoms with Gasteiger partial charge in [0, 0.05) is 12.6 Å². The van der Waals surface area contributed by atoms with Gasteiger partial charge in [-0.15, -0.1) is 6.58 Å². The number of nitrogens with one attached hydrogen (secondary N) is 1. The Balaban J connectivity index is 3.20. The molecule has 0 aliphatic rings. The third kappa shape index (κ3) is 5.79. The molecule has 0 heterocycles. The maximum absolute atomic E-state index is 8.88. The van der Waals surface area contributed by atoms with Crippen LogP contribution in [0, 0.1) is 0 Å². The van der Waals surface area contributed by atoms with E-state index in [0.29, 0.717) is 12.6 Å². The summed E-state index contributed by atoms with van der Waals surface area (Å²) >= 11 is 0. The molecule has 0 saturated heterocycles. The van der Waals surface area contributed by atoms with Crippen molar-refractivity contribution in [2.45, 2.75) is 32.4 Å². The summed E-state index contributed by atoms with van der Waals surface area (Å²) in [5.74, 6) is 0. The van der Waals surface area contributed by atoms with Crippen LogP contribution in [0.25, 0.3) is 0 Å². The van der Waals surface area contributed by atoms with E-state index in [1.165, 1.54) is 0 Å². The Hall–Kier alpha value is -0.340. The predicted octanol–water partition coefficient (Wildman–Crippen LogP) is 0.921. The Morgan fingerprint density at radius 1 is 1.60 bits per heavy atom. The van der Waals surface area contributed by atoms with Crippen LogP contribution >= 0.6 is 0 Å². The molecule has 0 rings (SSSR count). The molecule has 1 unspecified atom stereocenters. The van der Waals surface area contributed by atoms with Crippen LogP contribution in [0.3, 0.4) is 0 Å². The molecule has 2 heteroatoms. The highest BCUT2D eigenvalue weighted by atomic mass is 16.3. The van der Waals surface area contributed by atoms with E-state index in [9.17, 15) is 0 Å². The van der Waals surface area contributed by atoms with E-state index >= 15 is 0 Å². The first kappa shape index (κ1) is 9.66. The molecule has 0 saturated carbocycles. The lowest BCUT2D eigenvalue weighted by Gasteiger charge is -2.12. The van der Waals surface area contributed by atoms with Crippen molar-refractivity contribution in [3.63, 3.8) is 0 Å². The molecule has 0 amide bonds. The van der Waals surface area contributed by atoms with E-state index in [4.69, 9.17) is 5.11 Å². The van der Waals surface area contributed by atoms with Gasteiger partial charge in [-0.2, -0.15) is 0 Å². The van der Waals surface area contributed by atoms with Crippen LogP contribution in [0.15, 0.2) is 12.7 Å². The van der Waals surface area contributed by atoms with Crippen LogP contribution in [-0.4, -0.2) is 23.8 Å². The number of hydrogen-bond donors (Lipinski definition) is 2. The molecular weight excluding hydrogens is 126 g/mol. The minimum Gasteiger partial charge on any atom is -0.392 e. The molecule has 0 aliphatic carbocycles. The number of aliphatic hydroxyl groups excluding tert-OH is 1. The number of aliphatic hydroxyl groups is 1. The van der Waals surface area contributed by atoms with Gasteiger partial charge in [0.1, 0.15) is 0 Å². The zero-order chi connectivity index (χ0) is 7.98. The molecule has 0 aromatic carbocycles. The molecule has 2 N–H and O–H groups in total. The monoisotopic (exact) mass is 143 g/mol. The molecule has 2 atom stereocenters. The van der Waals surface area contributed by atoms with Gasteiger partial charge in [0.05, 0.1) is 6.10 Å². The van der Waals surface area contributed by atoms with Gasteiger partial charge in [-0.3, -0.25) is 0 Å². The largest absolute Gasteiger partial charge is 0.392 e. The topological polar surface area (TPSA) is 32.3 Å². The molecule has 0 radical (unpaired) electrons. The lowest BCUT2D eigenvalue weighted by molar-refractivity contribution is 0.187. The van der Waals surface area contributed by atoms with Crippen molar-refractivity contribution in [2.24, 2.45) is 0 Å². The summed E-state index contributed by atoms with van der Waals surface area (Å²) in [5, 5.41) is 12.0. The van der Waals surface area contributed by atoms with Crippen LogP contribution in [0.4, 0.5) is 0 Å². The second-order valence-electron chi connectivity index (χ2n) is 2.68. The van der Waals surface area contributed by atoms with E-state index in [0.717, 1.165) is 6.42 Å². The summed E-state index contributed by atoms with van der Waals surface area (Å²) < 4.78 is 0. The smallest absolute Gasteiger partial charge is 0.0636 e. The minimum atomic E-state index is -0.257. The first-order chi connectivity index (χ1) is 4.66. The highest BCUT2D eigenvalue weighted by Crippen LogP contribution is 1.90. The molecule has 0 aromatic rings. The van der Waals surface area contributed by atoms with Gasteiger partial charge in [-0.1, -0.05) is 6.08 Å². The Kier molecular flexibility index (Phi) is 5.26. The second-order valence-corrected chi connectivity index (χ2v) is 2.68. The average Bonchev–Trinajstić information content (AvgIpc) is 1.85. The Labute approximate surface area is 62.9 Å². The van der Waals surface area contributed by atoms with Gasteiger partial charge in [0.2, 0.25) is 0 Å². The average molecular weight is 143 g/mol. The van der Waals surface area contributed by atoms with E-state index in [-0.39, 0.29) is 6.10 Å². The SMILES string of the molecule is C=CCC(C)NC[C@H](C)O. The third-order valence-corrected chi connectivity index (χ3v) is 1.28. The van der Waals surface area contributed by atoms with Gasteiger partial charge in [-0.05, 0) is 20.3 Å². The van der Waals surface area contributed by atoms with E-state index in [1.54, 1.807) is 6.92 Å². The summed E-state index contributed by atoms with van der Waals surface area (Å²) in [6, 6.07) is 0.423. The molecule has 0 aliphatic heterocycles. The Morgan fingerprint density at radius 2 is 2.20 bits per heavy atom. The molecule has 10 heavy (non-hydrogen) atoms. The van der Waals surface area contributed by atoms with Crippen LogP contribution in [0.5, 0.6) is 0 Å². The fourth-order valence-electron chi connectivity index (χ4n) is 0.705. The summed E-state index contributed by atoms with van der Waals surface area (Å²) in [4.78, 5) is 0. The third-order valence-electron chi connectivity index (χ3n) is 1.28. The van der Waals surface area contributed by atoms with Crippen molar-refractivity contribution >= 4 is 0 Å². The van der Waals surface area contributed by atoms with Gasteiger partial charge >= 0.3 is 0 Å². The van der Waals surface area contributed by atoms with Crippen molar-refractivity contribution < 1.29 is 5.11 Å². The van der Waals surface area contributed by atoms with Crippen LogP contribution in [-0.2, 0) is 0 Å². The Bertz CT molecular complexity index is 91.3. The Morgan fingerprint density at radius 3 is 2.60 bits per heavy atom. The van der Waals surface area contributed by atoms with Gasteiger partial charge in [0.15, 0.2) is 0 Å². The predicted molar refractivity (Wildman–Crippen MR) is 44.0 cm³/mol. The first-order valence-electron chi connectivity index (χ1n) is 3.69. The first-order valence-corrected chi connectivity index (χ1v) is 3.69. The van der Waals surface area contributed by atoms with Gasteiger partial charge in [-0.25, -0.2) is 0 Å². The van der Waals surface area contributed by atoms with Crippen LogP contribution in [0.1, 0.15) is 20.3 Å². The summed E-state index contributed by atoms with van der Waals surface area (Å²) in [7, 11) is 0. The zero-order valence-electron chi connectivity index (χ0n) is 6.80.